The van der Waals surface area contributed by atoms with Gasteiger partial charge >= 0.3 is 29.6 Å². The molecule has 0 saturated carbocycles. The minimum Gasteiger partial charge on any atom is -0.548 e. The van der Waals surface area contributed by atoms with Crippen molar-refractivity contribution in [2.45, 2.75) is 56.0 Å². The molecule has 0 aromatic carbocycles. The van der Waals surface area contributed by atoms with Gasteiger partial charge in [-0.1, -0.05) is 0 Å². The largest absolute Gasteiger partial charge is 1.00 e. The maximum absolute atomic E-state index is 12.8. The van der Waals surface area contributed by atoms with Gasteiger partial charge in [0.2, 0.25) is 11.8 Å². The van der Waals surface area contributed by atoms with Crippen LogP contribution in [0.3, 0.4) is 0 Å². The Balaban J connectivity index is 0.00000341. The molecule has 0 aromatic heterocycles. The monoisotopic (exact) mass is 464 g/mol. The number of piperazine rings is 1. The van der Waals surface area contributed by atoms with Gasteiger partial charge in [-0.15, -0.1) is 11.8 Å². The van der Waals surface area contributed by atoms with Crippen molar-refractivity contribution in [2.24, 2.45) is 5.92 Å². The Morgan fingerprint density at radius 3 is 2.32 bits per heavy atom. The number of aliphatic carboxylic acids is 1. The van der Waals surface area contributed by atoms with Gasteiger partial charge in [-0.3, -0.25) is 19.3 Å². The number of carbonyl (C=O) groups is 4. The van der Waals surface area contributed by atoms with E-state index in [1.54, 1.807) is 13.8 Å². The smallest absolute Gasteiger partial charge is 0.548 e. The van der Waals surface area contributed by atoms with Gasteiger partial charge in [-0.25, -0.2) is 0 Å². The molecule has 3 heterocycles. The summed E-state index contributed by atoms with van der Waals surface area (Å²) >= 11 is 1.27. The predicted octanol–water partition coefficient (Wildman–Crippen LogP) is -5.55. The second-order valence-corrected chi connectivity index (χ2v) is 10.6. The van der Waals surface area contributed by atoms with Crippen molar-refractivity contribution in [1.82, 2.24) is 20.0 Å². The molecule has 0 aliphatic carbocycles. The van der Waals surface area contributed by atoms with Crippen molar-refractivity contribution >= 4 is 35.5 Å². The zero-order valence-electron chi connectivity index (χ0n) is 18.7. The molecule has 12 heteroatoms. The summed E-state index contributed by atoms with van der Waals surface area (Å²) < 4.78 is -0.765. The van der Waals surface area contributed by atoms with Crippen LogP contribution in [0.25, 0.3) is 0 Å². The molecule has 3 saturated heterocycles. The first-order valence-electron chi connectivity index (χ1n) is 10.1. The third kappa shape index (κ3) is 5.22. The number of hydrogen-bond acceptors (Lipinski definition) is 8. The first-order valence-corrected chi connectivity index (χ1v) is 11.0. The van der Waals surface area contributed by atoms with Crippen LogP contribution in [0.2, 0.25) is 0 Å². The number of nitrogens with one attached hydrogen (secondary N) is 1. The van der Waals surface area contributed by atoms with Crippen molar-refractivity contribution < 1.29 is 58.9 Å². The average molecular weight is 465 g/mol. The van der Waals surface area contributed by atoms with Gasteiger partial charge in [0.25, 0.3) is 5.91 Å². The second kappa shape index (κ2) is 9.96. The van der Waals surface area contributed by atoms with Crippen LogP contribution < -0.4 is 40.0 Å². The summed E-state index contributed by atoms with van der Waals surface area (Å²) in [7, 11) is 0. The fourth-order valence-corrected chi connectivity index (χ4v) is 6.06. The number of carboxylic acid groups (broad SMARTS) is 1. The van der Waals surface area contributed by atoms with Crippen LogP contribution in [0.4, 0.5) is 0 Å². The van der Waals surface area contributed by atoms with E-state index in [1.807, 2.05) is 18.7 Å². The SMILES string of the molecule is CC(C)NC(=O)CN1CCN(C(=O)[C@@H](O)[C@@H]2C(=O)N3[C@@H]2SC(C)(C)[C@@H]3C(=O)[O-])CC1.[Na+]. The summed E-state index contributed by atoms with van der Waals surface area (Å²) in [6.07, 6.45) is -1.52. The molecule has 3 fully saturated rings. The number of amides is 3. The Hall–Kier alpha value is -0.850. The number of β-lactam (4-membered cyclic amide) rings is 1. The second-order valence-electron chi connectivity index (χ2n) is 8.87. The summed E-state index contributed by atoms with van der Waals surface area (Å²) in [5.41, 5.74) is 0. The number of thioether (sulfide) groups is 1. The summed E-state index contributed by atoms with van der Waals surface area (Å²) in [5.74, 6) is -3.43. The maximum atomic E-state index is 12.8. The van der Waals surface area contributed by atoms with E-state index >= 15 is 0 Å². The van der Waals surface area contributed by atoms with E-state index in [-0.39, 0.29) is 48.1 Å². The molecule has 168 valence electrons. The molecule has 3 rings (SSSR count). The van der Waals surface area contributed by atoms with Crippen LogP contribution in [0.1, 0.15) is 27.7 Å². The molecule has 0 unspecified atom stereocenters. The van der Waals surface area contributed by atoms with Gasteiger partial charge in [0.1, 0.15) is 12.0 Å². The molecule has 3 aliphatic heterocycles. The Morgan fingerprint density at radius 2 is 1.81 bits per heavy atom. The van der Waals surface area contributed by atoms with Crippen LogP contribution in [0.5, 0.6) is 0 Å². The molecule has 3 amide bonds. The third-order valence-corrected chi connectivity index (χ3v) is 7.39. The number of aliphatic hydroxyl groups is 1. The number of nitrogens with zero attached hydrogens (tertiary/aromatic N) is 3. The van der Waals surface area contributed by atoms with E-state index in [9.17, 15) is 29.4 Å². The topological polar surface area (TPSA) is 133 Å². The molecule has 0 aromatic rings. The maximum Gasteiger partial charge on any atom is 1.00 e. The van der Waals surface area contributed by atoms with Gasteiger partial charge in [0.15, 0.2) is 0 Å². The van der Waals surface area contributed by atoms with Crippen LogP contribution in [-0.2, 0) is 19.2 Å². The van der Waals surface area contributed by atoms with Crippen molar-refractivity contribution in [1.29, 1.82) is 0 Å². The van der Waals surface area contributed by atoms with Crippen LogP contribution in [0, 0.1) is 5.92 Å². The third-order valence-electron chi connectivity index (χ3n) is 5.80. The summed E-state index contributed by atoms with van der Waals surface area (Å²) in [4.78, 5) is 53.4. The predicted molar refractivity (Wildman–Crippen MR) is 107 cm³/mol. The zero-order chi connectivity index (χ0) is 22.4. The molecule has 31 heavy (non-hydrogen) atoms. The number of hydrogen-bond donors (Lipinski definition) is 2. The van der Waals surface area contributed by atoms with Crippen LogP contribution in [0.15, 0.2) is 0 Å². The van der Waals surface area contributed by atoms with Crippen molar-refractivity contribution in [3.63, 3.8) is 0 Å². The number of rotatable bonds is 6. The minimum absolute atomic E-state index is 0. The van der Waals surface area contributed by atoms with E-state index < -0.39 is 46.0 Å². The zero-order valence-corrected chi connectivity index (χ0v) is 21.5. The molecular formula is C19H29N4NaO6S. The molecule has 2 N–H and O–H groups in total. The Labute approximate surface area is 208 Å². The number of aliphatic hydroxyl groups excluding tert-OH is 1. The van der Waals surface area contributed by atoms with Gasteiger partial charge in [0, 0.05) is 37.0 Å². The fraction of sp³-hybridized carbons (Fsp3) is 0.789. The Kier molecular flexibility index (Phi) is 8.49. The Morgan fingerprint density at radius 1 is 1.23 bits per heavy atom. The van der Waals surface area contributed by atoms with Crippen LogP contribution in [-0.4, -0.2) is 105 Å². The van der Waals surface area contributed by atoms with E-state index in [4.69, 9.17) is 0 Å². The molecule has 3 aliphatic rings. The first-order chi connectivity index (χ1) is 13.9. The Bertz CT molecular complexity index is 743. The van der Waals surface area contributed by atoms with Gasteiger partial charge in [-0.05, 0) is 27.7 Å². The van der Waals surface area contributed by atoms with E-state index in [2.05, 4.69) is 5.32 Å². The standard InChI is InChI=1S/C19H30N4O6S.Na/c1-10(2)20-11(24)9-21-5-7-22(8-6-21)16(27)13(25)12-15(26)23-14(18(28)29)19(3,4)30-17(12)23;/h10,12-14,17,25H,5-9H2,1-4H3,(H,20,24)(H,28,29);/q;+1/p-1/t12-,13+,14+,17-;/m1./s1. The molecule has 10 nitrogen and oxygen atoms in total. The van der Waals surface area contributed by atoms with Crippen molar-refractivity contribution in [3.05, 3.63) is 0 Å². The minimum atomic E-state index is -1.52. The van der Waals surface area contributed by atoms with Crippen molar-refractivity contribution in [2.75, 3.05) is 32.7 Å². The quantitative estimate of drug-likeness (QED) is 0.294. The van der Waals surface area contributed by atoms with E-state index in [0.717, 1.165) is 0 Å². The summed E-state index contributed by atoms with van der Waals surface area (Å²) in [6, 6.07) is -1.02. The molecule has 0 spiro atoms. The van der Waals surface area contributed by atoms with Gasteiger partial charge < -0.3 is 30.1 Å². The van der Waals surface area contributed by atoms with Gasteiger partial charge in [-0.2, -0.15) is 0 Å². The molecule has 4 atom stereocenters. The van der Waals surface area contributed by atoms with Crippen LogP contribution >= 0.6 is 11.8 Å². The van der Waals surface area contributed by atoms with E-state index in [0.29, 0.717) is 26.2 Å². The number of carboxylic acids is 1. The number of carbonyl (C=O) groups excluding carboxylic acids is 4. The first kappa shape index (κ1) is 26.4. The fourth-order valence-electron chi connectivity index (χ4n) is 4.35. The summed E-state index contributed by atoms with van der Waals surface area (Å²) in [6.45, 7) is 9.13. The molecular weight excluding hydrogens is 435 g/mol. The molecule has 0 bridgehead atoms. The van der Waals surface area contributed by atoms with E-state index in [1.165, 1.54) is 21.6 Å². The molecule has 0 radical (unpaired) electrons. The van der Waals surface area contributed by atoms with Gasteiger partial charge in [0.05, 0.1) is 23.9 Å². The van der Waals surface area contributed by atoms with Crippen molar-refractivity contribution in [3.8, 4) is 0 Å². The number of fused-ring (bicyclic) bond motifs is 1. The normalized spacial score (nSPS) is 28.5. The average Bonchev–Trinajstić information content (AvgIpc) is 2.88. The summed E-state index contributed by atoms with van der Waals surface area (Å²) in [5, 5.41) is 24.4.